The molecule has 20 heavy (non-hydrogen) atoms. The average molecular weight is 317 g/mol. The molecule has 0 saturated heterocycles. The predicted octanol–water partition coefficient (Wildman–Crippen LogP) is 3.05. The maximum atomic E-state index is 11.8. The van der Waals surface area contributed by atoms with E-state index in [9.17, 15) is 9.00 Å². The van der Waals surface area contributed by atoms with Crippen molar-refractivity contribution in [3.8, 4) is 0 Å². The minimum atomic E-state index is -0.847. The van der Waals surface area contributed by atoms with Crippen molar-refractivity contribution in [1.29, 1.82) is 0 Å². The monoisotopic (exact) mass is 316 g/mol. The number of carbonyl (C=O) groups excluding carboxylic acids is 1. The topological polar surface area (TPSA) is 72.2 Å². The van der Waals surface area contributed by atoms with Crippen LogP contribution in [0.4, 0.5) is 11.4 Å². The summed E-state index contributed by atoms with van der Waals surface area (Å²) in [5, 5.41) is 3.24. The third kappa shape index (κ3) is 6.39. The zero-order chi connectivity index (χ0) is 15.1. The molecule has 0 bridgehead atoms. The summed E-state index contributed by atoms with van der Waals surface area (Å²) in [5.41, 5.74) is 6.74. The molecule has 0 fully saturated rings. The van der Waals surface area contributed by atoms with Crippen LogP contribution in [0.3, 0.4) is 0 Å². The van der Waals surface area contributed by atoms with Crippen molar-refractivity contribution >= 4 is 39.7 Å². The Kier molecular flexibility index (Phi) is 7.02. The van der Waals surface area contributed by atoms with Crippen LogP contribution in [0.5, 0.6) is 0 Å². The summed E-state index contributed by atoms with van der Waals surface area (Å²) < 4.78 is 11.6. The first-order valence-electron chi connectivity index (χ1n) is 6.58. The minimum absolute atomic E-state index is 0.138. The van der Waals surface area contributed by atoms with Gasteiger partial charge in [0.05, 0.1) is 11.4 Å². The van der Waals surface area contributed by atoms with E-state index in [4.69, 9.17) is 17.3 Å². The summed E-state index contributed by atoms with van der Waals surface area (Å²) in [6.45, 7) is 4.07. The average Bonchev–Trinajstić information content (AvgIpc) is 2.33. The fourth-order valence-corrected chi connectivity index (χ4v) is 3.25. The van der Waals surface area contributed by atoms with Crippen LogP contribution in [-0.4, -0.2) is 21.6 Å². The van der Waals surface area contributed by atoms with Crippen molar-refractivity contribution in [2.24, 2.45) is 5.92 Å². The summed E-state index contributed by atoms with van der Waals surface area (Å²) in [4.78, 5) is 11.8. The molecule has 0 spiro atoms. The molecule has 0 aliphatic carbocycles. The molecule has 1 rings (SSSR count). The summed E-state index contributed by atoms with van der Waals surface area (Å²) in [6.07, 6.45) is 0.932. The Hall–Kier alpha value is -1.07. The molecule has 0 aliphatic rings. The molecule has 3 N–H and O–H groups in total. The molecule has 0 saturated carbocycles. The summed E-state index contributed by atoms with van der Waals surface area (Å²) in [6, 6.07) is 4.93. The van der Waals surface area contributed by atoms with Gasteiger partial charge >= 0.3 is 0 Å². The van der Waals surface area contributed by atoms with E-state index in [0.29, 0.717) is 46.7 Å². The predicted molar refractivity (Wildman–Crippen MR) is 86.4 cm³/mol. The fraction of sp³-hybridized carbons (Fsp3) is 0.500. The molecule has 0 aromatic heterocycles. The van der Waals surface area contributed by atoms with Crippen LogP contribution in [0.25, 0.3) is 0 Å². The summed E-state index contributed by atoms with van der Waals surface area (Å²) in [5.74, 6) is 1.51. The van der Waals surface area contributed by atoms with Crippen molar-refractivity contribution in [2.45, 2.75) is 26.7 Å². The van der Waals surface area contributed by atoms with Gasteiger partial charge in [-0.05, 0) is 30.5 Å². The van der Waals surface area contributed by atoms with Crippen molar-refractivity contribution in [1.82, 2.24) is 0 Å². The number of amides is 1. The zero-order valence-electron chi connectivity index (χ0n) is 11.8. The molecular weight excluding hydrogens is 296 g/mol. The van der Waals surface area contributed by atoms with E-state index >= 15 is 0 Å². The maximum absolute atomic E-state index is 11.8. The third-order valence-electron chi connectivity index (χ3n) is 2.58. The van der Waals surface area contributed by atoms with Gasteiger partial charge in [0.25, 0.3) is 0 Å². The number of benzene rings is 1. The number of hydrogen-bond donors (Lipinski definition) is 2. The third-order valence-corrected chi connectivity index (χ3v) is 4.60. The van der Waals surface area contributed by atoms with Gasteiger partial charge in [0, 0.05) is 33.7 Å². The van der Waals surface area contributed by atoms with Gasteiger partial charge < -0.3 is 11.1 Å². The van der Waals surface area contributed by atoms with Crippen molar-refractivity contribution in [2.75, 3.05) is 22.6 Å². The molecule has 6 heteroatoms. The Morgan fingerprint density at radius 3 is 2.80 bits per heavy atom. The van der Waals surface area contributed by atoms with Crippen molar-refractivity contribution in [3.05, 3.63) is 23.2 Å². The highest BCUT2D eigenvalue weighted by Crippen LogP contribution is 2.23. The quantitative estimate of drug-likeness (QED) is 0.759. The number of anilines is 2. The number of nitrogens with two attached hydrogens (primary N) is 1. The van der Waals surface area contributed by atoms with Crippen LogP contribution in [0.15, 0.2) is 18.2 Å². The highest BCUT2D eigenvalue weighted by atomic mass is 35.5. The lowest BCUT2D eigenvalue weighted by molar-refractivity contribution is -0.116. The van der Waals surface area contributed by atoms with Crippen LogP contribution >= 0.6 is 11.6 Å². The standard InChI is InChI=1S/C14H21ClN2O2S/c1-10(2)9-20(19)7-3-4-14(18)17-13-8-11(15)5-6-12(13)16/h5-6,8,10H,3-4,7,9,16H2,1-2H3,(H,17,18). The van der Waals surface area contributed by atoms with Gasteiger partial charge in [-0.1, -0.05) is 25.4 Å². The van der Waals surface area contributed by atoms with Crippen molar-refractivity contribution in [3.63, 3.8) is 0 Å². The van der Waals surface area contributed by atoms with Crippen LogP contribution in [0, 0.1) is 5.92 Å². The van der Waals surface area contributed by atoms with Gasteiger partial charge in [-0.2, -0.15) is 0 Å². The second-order valence-corrected chi connectivity index (χ2v) is 7.15. The lowest BCUT2D eigenvalue weighted by Crippen LogP contribution is -2.15. The van der Waals surface area contributed by atoms with Crippen LogP contribution in [-0.2, 0) is 15.6 Å². The molecular formula is C14H21ClN2O2S. The Labute approximate surface area is 127 Å². The van der Waals surface area contributed by atoms with Crippen LogP contribution in [0.2, 0.25) is 5.02 Å². The van der Waals surface area contributed by atoms with E-state index in [0.717, 1.165) is 0 Å². The Balaban J connectivity index is 2.37. The first-order chi connectivity index (χ1) is 9.38. The smallest absolute Gasteiger partial charge is 0.224 e. The first-order valence-corrected chi connectivity index (χ1v) is 8.45. The second kappa shape index (κ2) is 8.27. The molecule has 1 aromatic carbocycles. The van der Waals surface area contributed by atoms with Crippen LogP contribution in [0.1, 0.15) is 26.7 Å². The molecule has 1 amide bonds. The second-order valence-electron chi connectivity index (χ2n) is 5.09. The number of nitrogens with one attached hydrogen (secondary N) is 1. The van der Waals surface area contributed by atoms with Crippen molar-refractivity contribution < 1.29 is 9.00 Å². The zero-order valence-corrected chi connectivity index (χ0v) is 13.4. The molecule has 1 atom stereocenters. The Morgan fingerprint density at radius 1 is 1.45 bits per heavy atom. The molecule has 1 unspecified atom stereocenters. The number of carbonyl (C=O) groups is 1. The summed E-state index contributed by atoms with van der Waals surface area (Å²) >= 11 is 5.85. The largest absolute Gasteiger partial charge is 0.397 e. The van der Waals surface area contributed by atoms with Gasteiger partial charge in [-0.25, -0.2) is 0 Å². The van der Waals surface area contributed by atoms with E-state index in [1.807, 2.05) is 13.8 Å². The molecule has 0 aliphatic heterocycles. The lowest BCUT2D eigenvalue weighted by Gasteiger charge is -2.09. The highest BCUT2D eigenvalue weighted by molar-refractivity contribution is 7.84. The Bertz CT molecular complexity index is 492. The van der Waals surface area contributed by atoms with E-state index in [1.54, 1.807) is 18.2 Å². The normalized spacial score (nSPS) is 12.4. The van der Waals surface area contributed by atoms with E-state index in [2.05, 4.69) is 5.32 Å². The van der Waals surface area contributed by atoms with E-state index in [1.165, 1.54) is 0 Å². The SMILES string of the molecule is CC(C)CS(=O)CCCC(=O)Nc1cc(Cl)ccc1N. The number of hydrogen-bond acceptors (Lipinski definition) is 3. The summed E-state index contributed by atoms with van der Waals surface area (Å²) in [7, 11) is -0.847. The van der Waals surface area contributed by atoms with Crippen LogP contribution < -0.4 is 11.1 Å². The minimum Gasteiger partial charge on any atom is -0.397 e. The van der Waals surface area contributed by atoms with Gasteiger partial charge in [0.2, 0.25) is 5.91 Å². The Morgan fingerprint density at radius 2 is 2.15 bits per heavy atom. The maximum Gasteiger partial charge on any atom is 0.224 e. The fourth-order valence-electron chi connectivity index (χ4n) is 1.70. The van der Waals surface area contributed by atoms with Gasteiger partial charge in [0.1, 0.15) is 0 Å². The number of halogens is 1. The van der Waals surface area contributed by atoms with Gasteiger partial charge in [-0.15, -0.1) is 0 Å². The lowest BCUT2D eigenvalue weighted by atomic mass is 10.2. The van der Waals surface area contributed by atoms with E-state index in [-0.39, 0.29) is 5.91 Å². The number of rotatable bonds is 7. The molecule has 0 heterocycles. The first kappa shape index (κ1) is 17.0. The molecule has 112 valence electrons. The number of nitrogen functional groups attached to an aromatic ring is 1. The molecule has 4 nitrogen and oxygen atoms in total. The van der Waals surface area contributed by atoms with Gasteiger partial charge in [-0.3, -0.25) is 9.00 Å². The molecule has 1 aromatic rings. The molecule has 0 radical (unpaired) electrons. The van der Waals surface area contributed by atoms with Gasteiger partial charge in [0.15, 0.2) is 0 Å². The highest BCUT2D eigenvalue weighted by Gasteiger charge is 2.08. The van der Waals surface area contributed by atoms with E-state index < -0.39 is 10.8 Å².